The highest BCUT2D eigenvalue weighted by atomic mass is 79.9. The number of halogens is 1. The van der Waals surface area contributed by atoms with Gasteiger partial charge in [0.15, 0.2) is 0 Å². The maximum Gasteiger partial charge on any atom is 0.407 e. The van der Waals surface area contributed by atoms with Crippen molar-refractivity contribution in [2.75, 3.05) is 0 Å². The normalized spacial score (nSPS) is 11.6. The van der Waals surface area contributed by atoms with E-state index in [4.69, 9.17) is 4.74 Å². The number of rotatable bonds is 6. The molecule has 2 aromatic carbocycles. The molecule has 0 saturated heterocycles. The number of ether oxygens (including phenoxy) is 1. The number of hydrogen-bond donors (Lipinski definition) is 1. The van der Waals surface area contributed by atoms with Gasteiger partial charge in [-0.25, -0.2) is 4.79 Å². The third kappa shape index (κ3) is 5.43. The van der Waals surface area contributed by atoms with Gasteiger partial charge in [-0.15, -0.1) is 0 Å². The monoisotopic (exact) mass is 410 g/mol. The van der Waals surface area contributed by atoms with E-state index in [0.29, 0.717) is 6.42 Å². The van der Waals surface area contributed by atoms with Gasteiger partial charge in [-0.1, -0.05) is 64.5 Å². The molecule has 0 radical (unpaired) electrons. The molecule has 0 spiro atoms. The van der Waals surface area contributed by atoms with E-state index in [-0.39, 0.29) is 12.6 Å². The molecule has 3 aromatic rings. The lowest BCUT2D eigenvalue weighted by Gasteiger charge is -2.19. The number of amides is 1. The summed E-state index contributed by atoms with van der Waals surface area (Å²) < 4.78 is 6.35. The minimum Gasteiger partial charge on any atom is -0.445 e. The van der Waals surface area contributed by atoms with Crippen LogP contribution in [0.4, 0.5) is 4.79 Å². The van der Waals surface area contributed by atoms with E-state index in [2.05, 4.69) is 26.2 Å². The molecule has 26 heavy (non-hydrogen) atoms. The minimum absolute atomic E-state index is 0.221. The molecule has 1 N–H and O–H groups in total. The maximum atomic E-state index is 12.3. The zero-order valence-electron chi connectivity index (χ0n) is 14.1. The van der Waals surface area contributed by atoms with Crippen LogP contribution in [-0.4, -0.2) is 11.1 Å². The average Bonchev–Trinajstić information content (AvgIpc) is 2.68. The number of carbonyl (C=O) groups is 1. The fraction of sp³-hybridized carbons (Fsp3) is 0.143. The Hall–Kier alpha value is -2.66. The molecule has 5 heteroatoms. The summed E-state index contributed by atoms with van der Waals surface area (Å²) in [6.07, 6.45) is 1.89. The summed E-state index contributed by atoms with van der Waals surface area (Å²) in [5.74, 6) is 0. The number of nitrogens with one attached hydrogen (secondary N) is 1. The van der Waals surface area contributed by atoms with Gasteiger partial charge < -0.3 is 10.1 Å². The van der Waals surface area contributed by atoms with Gasteiger partial charge in [0.2, 0.25) is 0 Å². The van der Waals surface area contributed by atoms with Gasteiger partial charge in [0, 0.05) is 22.8 Å². The summed E-state index contributed by atoms with van der Waals surface area (Å²) in [7, 11) is 0. The molecular weight excluding hydrogens is 392 g/mol. The highest BCUT2D eigenvalue weighted by Gasteiger charge is 2.17. The smallest absolute Gasteiger partial charge is 0.407 e. The first-order valence-electron chi connectivity index (χ1n) is 8.33. The molecule has 3 rings (SSSR count). The molecule has 1 amide bonds. The van der Waals surface area contributed by atoms with Crippen molar-refractivity contribution in [3.8, 4) is 0 Å². The molecule has 1 unspecified atom stereocenters. The van der Waals surface area contributed by atoms with E-state index in [9.17, 15) is 4.79 Å². The van der Waals surface area contributed by atoms with Crippen LogP contribution in [0.15, 0.2) is 83.5 Å². The van der Waals surface area contributed by atoms with Crippen LogP contribution in [0.3, 0.4) is 0 Å². The van der Waals surface area contributed by atoms with Crippen LogP contribution < -0.4 is 5.32 Å². The van der Waals surface area contributed by atoms with Crippen molar-refractivity contribution < 1.29 is 9.53 Å². The molecule has 0 aliphatic rings. The fourth-order valence-corrected chi connectivity index (χ4v) is 2.85. The number of nitrogens with zero attached hydrogens (tertiary/aromatic N) is 1. The van der Waals surface area contributed by atoms with E-state index >= 15 is 0 Å². The van der Waals surface area contributed by atoms with Crippen LogP contribution >= 0.6 is 15.9 Å². The van der Waals surface area contributed by atoms with Gasteiger partial charge in [-0.05, 0) is 35.4 Å². The summed E-state index contributed by atoms with van der Waals surface area (Å²) in [4.78, 5) is 16.7. The van der Waals surface area contributed by atoms with Crippen LogP contribution in [0.2, 0.25) is 0 Å². The van der Waals surface area contributed by atoms with Gasteiger partial charge >= 0.3 is 6.09 Å². The Labute approximate surface area is 161 Å². The second-order valence-electron chi connectivity index (χ2n) is 5.84. The summed E-state index contributed by atoms with van der Waals surface area (Å²) >= 11 is 3.44. The van der Waals surface area contributed by atoms with Crippen LogP contribution in [0.5, 0.6) is 0 Å². The van der Waals surface area contributed by atoms with Crippen molar-refractivity contribution in [3.63, 3.8) is 0 Å². The second-order valence-corrected chi connectivity index (χ2v) is 6.75. The SMILES string of the molecule is O=C(NC(Cc1ccccn1)c1ccc(Br)cc1)OCc1ccccc1. The predicted molar refractivity (Wildman–Crippen MR) is 105 cm³/mol. The van der Waals surface area contributed by atoms with Crippen LogP contribution in [0.1, 0.15) is 22.9 Å². The average molecular weight is 411 g/mol. The Morgan fingerprint density at radius 1 is 1.00 bits per heavy atom. The molecule has 1 aromatic heterocycles. The molecular formula is C21H19BrN2O2. The van der Waals surface area contributed by atoms with Gasteiger partial charge in [0.25, 0.3) is 0 Å². The van der Waals surface area contributed by atoms with E-state index < -0.39 is 6.09 Å². The van der Waals surface area contributed by atoms with Gasteiger partial charge in [0.05, 0.1) is 6.04 Å². The molecule has 1 heterocycles. The van der Waals surface area contributed by atoms with E-state index in [1.165, 1.54) is 0 Å². The van der Waals surface area contributed by atoms with Crippen molar-refractivity contribution in [2.24, 2.45) is 0 Å². The van der Waals surface area contributed by atoms with Crippen LogP contribution in [-0.2, 0) is 17.8 Å². The molecule has 0 aliphatic carbocycles. The van der Waals surface area contributed by atoms with Crippen LogP contribution in [0.25, 0.3) is 0 Å². The highest BCUT2D eigenvalue weighted by molar-refractivity contribution is 9.10. The van der Waals surface area contributed by atoms with Crippen molar-refractivity contribution in [2.45, 2.75) is 19.1 Å². The number of carbonyl (C=O) groups excluding carboxylic acids is 1. The lowest BCUT2D eigenvalue weighted by atomic mass is 10.0. The molecule has 132 valence electrons. The van der Waals surface area contributed by atoms with Crippen molar-refractivity contribution in [1.29, 1.82) is 0 Å². The fourth-order valence-electron chi connectivity index (χ4n) is 2.58. The van der Waals surface area contributed by atoms with Crippen molar-refractivity contribution in [3.05, 3.63) is 100 Å². The summed E-state index contributed by atoms with van der Waals surface area (Å²) in [6, 6.07) is 23.0. The largest absolute Gasteiger partial charge is 0.445 e. The molecule has 0 bridgehead atoms. The maximum absolute atomic E-state index is 12.3. The number of pyridine rings is 1. The first kappa shape index (κ1) is 18.1. The Bertz CT molecular complexity index is 824. The topological polar surface area (TPSA) is 51.2 Å². The highest BCUT2D eigenvalue weighted by Crippen LogP contribution is 2.20. The number of benzene rings is 2. The third-order valence-electron chi connectivity index (χ3n) is 3.92. The minimum atomic E-state index is -0.447. The lowest BCUT2D eigenvalue weighted by molar-refractivity contribution is 0.135. The Balaban J connectivity index is 1.68. The van der Waals surface area contributed by atoms with E-state index in [1.54, 1.807) is 6.20 Å². The lowest BCUT2D eigenvalue weighted by Crippen LogP contribution is -2.30. The zero-order valence-corrected chi connectivity index (χ0v) is 15.7. The van der Waals surface area contributed by atoms with E-state index in [1.807, 2.05) is 72.8 Å². The van der Waals surface area contributed by atoms with E-state index in [0.717, 1.165) is 21.3 Å². The summed E-state index contributed by atoms with van der Waals surface area (Å²) in [5, 5.41) is 2.96. The molecule has 1 atom stereocenters. The summed E-state index contributed by atoms with van der Waals surface area (Å²) in [5.41, 5.74) is 2.85. The van der Waals surface area contributed by atoms with Gasteiger partial charge in [-0.3, -0.25) is 4.98 Å². The third-order valence-corrected chi connectivity index (χ3v) is 4.45. The standard InChI is InChI=1S/C21H19BrN2O2/c22-18-11-9-17(10-12-18)20(14-19-8-4-5-13-23-19)24-21(25)26-15-16-6-2-1-3-7-16/h1-13,20H,14-15H2,(H,24,25). The Morgan fingerprint density at radius 3 is 2.42 bits per heavy atom. The van der Waals surface area contributed by atoms with Crippen molar-refractivity contribution >= 4 is 22.0 Å². The Kier molecular flexibility index (Phi) is 6.39. The molecule has 0 fully saturated rings. The van der Waals surface area contributed by atoms with Crippen molar-refractivity contribution in [1.82, 2.24) is 10.3 Å². The van der Waals surface area contributed by atoms with Crippen LogP contribution in [0, 0.1) is 0 Å². The quantitative estimate of drug-likeness (QED) is 0.617. The van der Waals surface area contributed by atoms with Gasteiger partial charge in [-0.2, -0.15) is 0 Å². The molecule has 0 aliphatic heterocycles. The second kappa shape index (κ2) is 9.15. The number of hydrogen-bond acceptors (Lipinski definition) is 3. The molecule has 0 saturated carbocycles. The predicted octanol–water partition coefficient (Wildman–Crippen LogP) is 5.05. The first-order valence-corrected chi connectivity index (χ1v) is 9.12. The number of aromatic nitrogens is 1. The molecule has 4 nitrogen and oxygen atoms in total. The van der Waals surface area contributed by atoms with Gasteiger partial charge in [0.1, 0.15) is 6.61 Å². The first-order chi connectivity index (χ1) is 12.7. The zero-order chi connectivity index (χ0) is 18.2. The Morgan fingerprint density at radius 2 is 1.73 bits per heavy atom. The number of alkyl carbamates (subject to hydrolysis) is 1. The summed E-state index contributed by atoms with van der Waals surface area (Å²) in [6.45, 7) is 0.239.